The van der Waals surface area contributed by atoms with Crippen molar-refractivity contribution in [1.82, 2.24) is 0 Å². The lowest BCUT2D eigenvalue weighted by Crippen LogP contribution is -2.11. The Hall–Kier alpha value is -2.21. The van der Waals surface area contributed by atoms with Gasteiger partial charge in [-0.3, -0.25) is 0 Å². The molecule has 2 aromatic carbocycles. The first-order valence-corrected chi connectivity index (χ1v) is 7.75. The first kappa shape index (κ1) is 17.1. The van der Waals surface area contributed by atoms with Crippen molar-refractivity contribution in [3.63, 3.8) is 0 Å². The standard InChI is InChI=1S/C17H14BrFO4/c1-2-8-22-16(20)11-4-3-5-12(9-11)17(21)23-15-7-6-13(19)10-14(15)18/h3-7,9-10H,2,8H2,1H3. The van der Waals surface area contributed by atoms with Crippen LogP contribution >= 0.6 is 15.9 Å². The lowest BCUT2D eigenvalue weighted by Gasteiger charge is -2.08. The molecular formula is C17H14BrFO4. The molecule has 23 heavy (non-hydrogen) atoms. The summed E-state index contributed by atoms with van der Waals surface area (Å²) in [7, 11) is 0. The molecule has 0 heterocycles. The molecule has 0 atom stereocenters. The quantitative estimate of drug-likeness (QED) is 0.570. The summed E-state index contributed by atoms with van der Waals surface area (Å²) in [6.07, 6.45) is 0.714. The number of carbonyl (C=O) groups excluding carboxylic acids is 2. The van der Waals surface area contributed by atoms with E-state index in [2.05, 4.69) is 15.9 Å². The number of hydrogen-bond acceptors (Lipinski definition) is 4. The predicted molar refractivity (Wildman–Crippen MR) is 86.1 cm³/mol. The van der Waals surface area contributed by atoms with Gasteiger partial charge in [-0.1, -0.05) is 13.0 Å². The SMILES string of the molecule is CCCOC(=O)c1cccc(C(=O)Oc2ccc(F)cc2Br)c1. The molecular weight excluding hydrogens is 367 g/mol. The zero-order chi connectivity index (χ0) is 16.8. The molecule has 0 aliphatic carbocycles. The third-order valence-electron chi connectivity index (χ3n) is 2.87. The van der Waals surface area contributed by atoms with E-state index in [1.54, 1.807) is 12.1 Å². The van der Waals surface area contributed by atoms with E-state index >= 15 is 0 Å². The summed E-state index contributed by atoms with van der Waals surface area (Å²) >= 11 is 3.12. The highest BCUT2D eigenvalue weighted by Crippen LogP contribution is 2.26. The van der Waals surface area contributed by atoms with Crippen LogP contribution < -0.4 is 4.74 Å². The fraction of sp³-hybridized carbons (Fsp3) is 0.176. The van der Waals surface area contributed by atoms with Crippen LogP contribution in [0.5, 0.6) is 5.75 Å². The molecule has 6 heteroatoms. The third kappa shape index (κ3) is 4.63. The Labute approximate surface area is 141 Å². The van der Waals surface area contributed by atoms with E-state index in [4.69, 9.17) is 9.47 Å². The second-order valence-corrected chi connectivity index (χ2v) is 5.54. The van der Waals surface area contributed by atoms with Crippen LogP contribution in [0.1, 0.15) is 34.1 Å². The van der Waals surface area contributed by atoms with Crippen LogP contribution in [-0.2, 0) is 4.74 Å². The number of rotatable bonds is 5. The monoisotopic (exact) mass is 380 g/mol. The average Bonchev–Trinajstić information content (AvgIpc) is 2.55. The molecule has 120 valence electrons. The highest BCUT2D eigenvalue weighted by Gasteiger charge is 2.14. The summed E-state index contributed by atoms with van der Waals surface area (Å²) in [5.74, 6) is -1.40. The van der Waals surface area contributed by atoms with E-state index in [1.807, 2.05) is 6.92 Å². The van der Waals surface area contributed by atoms with Crippen LogP contribution in [0, 0.1) is 5.82 Å². The summed E-state index contributed by atoms with van der Waals surface area (Å²) in [5.41, 5.74) is 0.471. The van der Waals surface area contributed by atoms with E-state index in [1.165, 1.54) is 30.3 Å². The molecule has 0 bridgehead atoms. The minimum atomic E-state index is -0.651. The van der Waals surface area contributed by atoms with Crippen LogP contribution in [0.4, 0.5) is 4.39 Å². The molecule has 0 saturated heterocycles. The largest absolute Gasteiger partial charge is 0.462 e. The van der Waals surface area contributed by atoms with Gasteiger partial charge in [-0.2, -0.15) is 0 Å². The molecule has 4 nitrogen and oxygen atoms in total. The van der Waals surface area contributed by atoms with Crippen molar-refractivity contribution in [3.05, 3.63) is 63.9 Å². The lowest BCUT2D eigenvalue weighted by atomic mass is 10.1. The Morgan fingerprint density at radius 1 is 1.09 bits per heavy atom. The maximum atomic E-state index is 13.0. The molecule has 0 spiro atoms. The molecule has 2 aromatic rings. The summed E-state index contributed by atoms with van der Waals surface area (Å²) in [5, 5.41) is 0. The number of carbonyl (C=O) groups is 2. The van der Waals surface area contributed by atoms with Gasteiger partial charge in [0.2, 0.25) is 0 Å². The minimum absolute atomic E-state index is 0.190. The smallest absolute Gasteiger partial charge is 0.343 e. The van der Waals surface area contributed by atoms with Gasteiger partial charge in [-0.15, -0.1) is 0 Å². The number of benzene rings is 2. The Balaban J connectivity index is 2.15. The van der Waals surface area contributed by atoms with Crippen LogP contribution in [-0.4, -0.2) is 18.5 Å². The molecule has 0 aliphatic heterocycles. The zero-order valence-electron chi connectivity index (χ0n) is 12.3. The van der Waals surface area contributed by atoms with E-state index in [-0.39, 0.29) is 16.9 Å². The van der Waals surface area contributed by atoms with E-state index in [9.17, 15) is 14.0 Å². The predicted octanol–water partition coefficient (Wildman–Crippen LogP) is 4.37. The summed E-state index contributed by atoms with van der Waals surface area (Å²) < 4.78 is 23.6. The molecule has 0 radical (unpaired) electrons. The maximum Gasteiger partial charge on any atom is 0.343 e. The number of esters is 2. The average molecular weight is 381 g/mol. The zero-order valence-corrected chi connectivity index (χ0v) is 13.9. The Morgan fingerprint density at radius 2 is 1.78 bits per heavy atom. The van der Waals surface area contributed by atoms with Gasteiger partial charge >= 0.3 is 11.9 Å². The van der Waals surface area contributed by atoms with Crippen molar-refractivity contribution in [2.75, 3.05) is 6.61 Å². The molecule has 0 saturated carbocycles. The van der Waals surface area contributed by atoms with Gasteiger partial charge in [0.1, 0.15) is 11.6 Å². The molecule has 0 amide bonds. The molecule has 0 fully saturated rings. The van der Waals surface area contributed by atoms with Crippen molar-refractivity contribution < 1.29 is 23.5 Å². The van der Waals surface area contributed by atoms with Gasteiger partial charge in [0.15, 0.2) is 0 Å². The summed E-state index contributed by atoms with van der Waals surface area (Å²) in [4.78, 5) is 24.0. The second-order valence-electron chi connectivity index (χ2n) is 4.68. The Kier molecular flexibility index (Phi) is 5.87. The van der Waals surface area contributed by atoms with Crippen LogP contribution in [0.15, 0.2) is 46.9 Å². The second kappa shape index (κ2) is 7.87. The number of ether oxygens (including phenoxy) is 2. The van der Waals surface area contributed by atoms with Gasteiger partial charge in [0, 0.05) is 0 Å². The highest BCUT2D eigenvalue weighted by atomic mass is 79.9. The number of halogens is 2. The van der Waals surface area contributed by atoms with Gasteiger partial charge < -0.3 is 9.47 Å². The van der Waals surface area contributed by atoms with Crippen molar-refractivity contribution in [1.29, 1.82) is 0 Å². The van der Waals surface area contributed by atoms with E-state index < -0.39 is 17.8 Å². The van der Waals surface area contributed by atoms with E-state index in [0.29, 0.717) is 17.5 Å². The van der Waals surface area contributed by atoms with Crippen molar-refractivity contribution in [2.24, 2.45) is 0 Å². The normalized spacial score (nSPS) is 10.2. The topological polar surface area (TPSA) is 52.6 Å². The first-order valence-electron chi connectivity index (χ1n) is 6.95. The van der Waals surface area contributed by atoms with Crippen LogP contribution in [0.25, 0.3) is 0 Å². The fourth-order valence-corrected chi connectivity index (χ4v) is 2.20. The van der Waals surface area contributed by atoms with Crippen LogP contribution in [0.2, 0.25) is 0 Å². The number of hydrogen-bond donors (Lipinski definition) is 0. The van der Waals surface area contributed by atoms with Crippen LogP contribution in [0.3, 0.4) is 0 Å². The fourth-order valence-electron chi connectivity index (χ4n) is 1.77. The van der Waals surface area contributed by atoms with Crippen molar-refractivity contribution in [3.8, 4) is 5.75 Å². The molecule has 0 aliphatic rings. The van der Waals surface area contributed by atoms with Crippen molar-refractivity contribution >= 4 is 27.9 Å². The maximum absolute atomic E-state index is 13.0. The summed E-state index contributed by atoms with van der Waals surface area (Å²) in [6, 6.07) is 9.78. The minimum Gasteiger partial charge on any atom is -0.462 e. The van der Waals surface area contributed by atoms with Crippen molar-refractivity contribution in [2.45, 2.75) is 13.3 Å². The highest BCUT2D eigenvalue weighted by molar-refractivity contribution is 9.10. The molecule has 0 unspecified atom stereocenters. The van der Waals surface area contributed by atoms with Gasteiger partial charge in [-0.05, 0) is 58.7 Å². The van der Waals surface area contributed by atoms with Gasteiger partial charge in [-0.25, -0.2) is 14.0 Å². The third-order valence-corrected chi connectivity index (χ3v) is 3.49. The Bertz CT molecular complexity index is 730. The summed E-state index contributed by atoms with van der Waals surface area (Å²) in [6.45, 7) is 2.21. The lowest BCUT2D eigenvalue weighted by molar-refractivity contribution is 0.0505. The van der Waals surface area contributed by atoms with Gasteiger partial charge in [0.05, 0.1) is 22.2 Å². The molecule has 0 N–H and O–H groups in total. The molecule has 2 rings (SSSR count). The van der Waals surface area contributed by atoms with Gasteiger partial charge in [0.25, 0.3) is 0 Å². The molecule has 0 aromatic heterocycles. The first-order chi connectivity index (χ1) is 11.0. The Morgan fingerprint density at radius 3 is 2.43 bits per heavy atom. The van der Waals surface area contributed by atoms with E-state index in [0.717, 1.165) is 0 Å².